The number of hydrogen-bond donors (Lipinski definition) is 0. The minimum Gasteiger partial charge on any atom is -0.495 e. The summed E-state index contributed by atoms with van der Waals surface area (Å²) < 4.78 is 5.48. The molecule has 0 unspecified atom stereocenters. The summed E-state index contributed by atoms with van der Waals surface area (Å²) in [5.74, 6) is 1.19. The van der Waals surface area contributed by atoms with Crippen LogP contribution in [0.25, 0.3) is 10.8 Å². The second-order valence-electron chi connectivity index (χ2n) is 5.63. The highest BCUT2D eigenvalue weighted by atomic mass is 32.1. The Labute approximate surface area is 149 Å². The summed E-state index contributed by atoms with van der Waals surface area (Å²) in [4.78, 5) is 28.1. The first-order chi connectivity index (χ1) is 12.3. The number of anilines is 1. The number of methoxy groups -OCH3 is 1. The van der Waals surface area contributed by atoms with Gasteiger partial charge >= 0.3 is 0 Å². The van der Waals surface area contributed by atoms with E-state index < -0.39 is 0 Å². The molecule has 7 heteroatoms. The van der Waals surface area contributed by atoms with E-state index in [4.69, 9.17) is 4.74 Å². The van der Waals surface area contributed by atoms with Crippen LogP contribution in [0.5, 0.6) is 5.75 Å². The number of ether oxygens (including phenoxy) is 1. The van der Waals surface area contributed by atoms with E-state index in [1.165, 1.54) is 11.3 Å². The minimum absolute atomic E-state index is 0.0647. The molecule has 1 aromatic carbocycles. The zero-order valence-corrected chi connectivity index (χ0v) is 14.5. The molecule has 0 bridgehead atoms. The molecule has 1 aliphatic rings. The van der Waals surface area contributed by atoms with E-state index in [-0.39, 0.29) is 5.91 Å². The Morgan fingerprint density at radius 1 is 1.20 bits per heavy atom. The van der Waals surface area contributed by atoms with Gasteiger partial charge in [-0.1, -0.05) is 12.1 Å². The molecule has 0 spiro atoms. The van der Waals surface area contributed by atoms with Crippen molar-refractivity contribution in [3.05, 3.63) is 53.3 Å². The first kappa shape index (κ1) is 15.7. The summed E-state index contributed by atoms with van der Waals surface area (Å²) in [5.41, 5.74) is 2.00. The molecule has 0 saturated heterocycles. The molecule has 0 radical (unpaired) electrons. The van der Waals surface area contributed by atoms with E-state index in [0.29, 0.717) is 22.3 Å². The first-order valence-electron chi connectivity index (χ1n) is 7.99. The number of aromatic nitrogens is 3. The Morgan fingerprint density at radius 2 is 2.04 bits per heavy atom. The van der Waals surface area contributed by atoms with Crippen molar-refractivity contribution in [2.24, 2.45) is 0 Å². The second-order valence-corrected chi connectivity index (χ2v) is 6.66. The van der Waals surface area contributed by atoms with E-state index >= 15 is 0 Å². The first-order valence-corrected chi connectivity index (χ1v) is 8.80. The van der Waals surface area contributed by atoms with Crippen LogP contribution in [0.15, 0.2) is 42.9 Å². The highest BCUT2D eigenvalue weighted by molar-refractivity contribution is 7.16. The van der Waals surface area contributed by atoms with Gasteiger partial charge in [-0.15, -0.1) is 11.3 Å². The molecule has 0 fully saturated rings. The molecule has 0 saturated carbocycles. The van der Waals surface area contributed by atoms with Crippen LogP contribution in [0.4, 0.5) is 5.69 Å². The Hall–Kier alpha value is -2.80. The van der Waals surface area contributed by atoms with Crippen LogP contribution >= 0.6 is 11.3 Å². The Kier molecular flexibility index (Phi) is 4.15. The summed E-state index contributed by atoms with van der Waals surface area (Å²) in [6.45, 7) is 0.668. The summed E-state index contributed by atoms with van der Waals surface area (Å²) >= 11 is 1.31. The predicted molar refractivity (Wildman–Crippen MR) is 96.1 cm³/mol. The second kappa shape index (κ2) is 6.60. The van der Waals surface area contributed by atoms with Gasteiger partial charge in [0.1, 0.15) is 10.6 Å². The number of fused-ring (bicyclic) bond motifs is 1. The van der Waals surface area contributed by atoms with Crippen molar-refractivity contribution >= 4 is 22.9 Å². The van der Waals surface area contributed by atoms with Gasteiger partial charge < -0.3 is 9.64 Å². The predicted octanol–water partition coefficient (Wildman–Crippen LogP) is 3.20. The standard InChI is InChI=1S/C18H16N4O2S/c1-24-13-7-2-5-12-6-3-10-22(15(12)13)18(23)14-11-21-17(25-14)16-19-8-4-9-20-16/h2,4-5,7-9,11H,3,6,10H2,1H3. The smallest absolute Gasteiger partial charge is 0.270 e. The molecule has 0 N–H and O–H groups in total. The number of para-hydroxylation sites is 1. The summed E-state index contributed by atoms with van der Waals surface area (Å²) in [5, 5.41) is 0.640. The maximum atomic E-state index is 13.1. The lowest BCUT2D eigenvalue weighted by molar-refractivity contribution is 0.0988. The highest BCUT2D eigenvalue weighted by Gasteiger charge is 2.28. The number of benzene rings is 1. The zero-order valence-electron chi connectivity index (χ0n) is 13.7. The monoisotopic (exact) mass is 352 g/mol. The van der Waals surface area contributed by atoms with Gasteiger partial charge in [0.05, 0.1) is 19.0 Å². The number of hydrogen-bond acceptors (Lipinski definition) is 6. The molecule has 3 aromatic rings. The SMILES string of the molecule is COc1cccc2c1N(C(=O)c1cnc(-c3ncccn3)s1)CCC2. The van der Waals surface area contributed by atoms with Crippen molar-refractivity contribution in [2.45, 2.75) is 12.8 Å². The molecule has 2 aromatic heterocycles. The minimum atomic E-state index is -0.0647. The topological polar surface area (TPSA) is 68.2 Å². The zero-order chi connectivity index (χ0) is 17.2. The fourth-order valence-electron chi connectivity index (χ4n) is 3.00. The van der Waals surface area contributed by atoms with E-state index in [1.54, 1.807) is 36.7 Å². The van der Waals surface area contributed by atoms with Crippen LogP contribution in [0.2, 0.25) is 0 Å². The van der Waals surface area contributed by atoms with Crippen molar-refractivity contribution in [1.29, 1.82) is 0 Å². The number of carbonyl (C=O) groups excluding carboxylic acids is 1. The molecule has 126 valence electrons. The Bertz CT molecular complexity index is 896. The van der Waals surface area contributed by atoms with Crippen LogP contribution in [0.1, 0.15) is 21.7 Å². The van der Waals surface area contributed by atoms with Gasteiger partial charge in [0, 0.05) is 18.9 Å². The average Bonchev–Trinajstić information content (AvgIpc) is 3.17. The van der Waals surface area contributed by atoms with Crippen LogP contribution in [0, 0.1) is 0 Å². The molecule has 6 nitrogen and oxygen atoms in total. The van der Waals surface area contributed by atoms with E-state index in [0.717, 1.165) is 29.8 Å². The van der Waals surface area contributed by atoms with Crippen molar-refractivity contribution in [3.63, 3.8) is 0 Å². The fourth-order valence-corrected chi connectivity index (χ4v) is 3.82. The maximum Gasteiger partial charge on any atom is 0.270 e. The summed E-state index contributed by atoms with van der Waals surface area (Å²) in [7, 11) is 1.63. The summed E-state index contributed by atoms with van der Waals surface area (Å²) in [6, 6.07) is 7.65. The van der Waals surface area contributed by atoms with Crippen LogP contribution in [0.3, 0.4) is 0 Å². The summed E-state index contributed by atoms with van der Waals surface area (Å²) in [6.07, 6.45) is 6.80. The number of carbonyl (C=O) groups is 1. The maximum absolute atomic E-state index is 13.1. The van der Waals surface area contributed by atoms with Crippen molar-refractivity contribution in [3.8, 4) is 16.6 Å². The lowest BCUT2D eigenvalue weighted by Gasteiger charge is -2.30. The van der Waals surface area contributed by atoms with Gasteiger partial charge in [-0.3, -0.25) is 4.79 Å². The Balaban J connectivity index is 1.69. The van der Waals surface area contributed by atoms with Gasteiger partial charge in [-0.25, -0.2) is 15.0 Å². The number of rotatable bonds is 3. The fraction of sp³-hybridized carbons (Fsp3) is 0.222. The van der Waals surface area contributed by atoms with Crippen LogP contribution in [-0.2, 0) is 6.42 Å². The van der Waals surface area contributed by atoms with Crippen molar-refractivity contribution in [1.82, 2.24) is 15.0 Å². The highest BCUT2D eigenvalue weighted by Crippen LogP contribution is 2.37. The third-order valence-electron chi connectivity index (χ3n) is 4.12. The molecule has 25 heavy (non-hydrogen) atoms. The third-order valence-corrected chi connectivity index (χ3v) is 5.10. The quantitative estimate of drug-likeness (QED) is 0.724. The van der Waals surface area contributed by atoms with E-state index in [9.17, 15) is 4.79 Å². The van der Waals surface area contributed by atoms with Crippen molar-refractivity contribution < 1.29 is 9.53 Å². The molecule has 0 atom stereocenters. The molecule has 1 aliphatic heterocycles. The lowest BCUT2D eigenvalue weighted by atomic mass is 10.0. The number of aryl methyl sites for hydroxylation is 1. The average molecular weight is 352 g/mol. The number of amides is 1. The van der Waals surface area contributed by atoms with E-state index in [2.05, 4.69) is 15.0 Å². The lowest BCUT2D eigenvalue weighted by Crippen LogP contribution is -2.35. The van der Waals surface area contributed by atoms with Crippen molar-refractivity contribution in [2.75, 3.05) is 18.6 Å². The third kappa shape index (κ3) is 2.87. The van der Waals surface area contributed by atoms with Gasteiger partial charge in [0.25, 0.3) is 5.91 Å². The van der Waals surface area contributed by atoms with Gasteiger partial charge in [0.2, 0.25) is 0 Å². The van der Waals surface area contributed by atoms with Crippen LogP contribution < -0.4 is 9.64 Å². The van der Waals surface area contributed by atoms with Gasteiger partial charge in [-0.2, -0.15) is 0 Å². The van der Waals surface area contributed by atoms with E-state index in [1.807, 2.05) is 18.2 Å². The normalized spacial score (nSPS) is 13.4. The van der Waals surface area contributed by atoms with Gasteiger partial charge in [0.15, 0.2) is 10.8 Å². The Morgan fingerprint density at radius 3 is 2.84 bits per heavy atom. The number of nitrogens with zero attached hydrogens (tertiary/aromatic N) is 4. The molecule has 1 amide bonds. The van der Waals surface area contributed by atoms with Crippen LogP contribution in [-0.4, -0.2) is 34.5 Å². The molecular formula is C18H16N4O2S. The largest absolute Gasteiger partial charge is 0.495 e. The van der Waals surface area contributed by atoms with Gasteiger partial charge in [-0.05, 0) is 30.5 Å². The molecule has 3 heterocycles. The molecular weight excluding hydrogens is 336 g/mol. The molecule has 4 rings (SSSR count). The molecule has 0 aliphatic carbocycles. The number of thiazole rings is 1.